The minimum absolute atomic E-state index is 0.0191. The van der Waals surface area contributed by atoms with Crippen LogP contribution in [0.1, 0.15) is 26.8 Å². The van der Waals surface area contributed by atoms with E-state index >= 15 is 0 Å². The number of allylic oxidation sites excluding steroid dienone is 1. The first-order valence-electron chi connectivity index (χ1n) is 7.98. The summed E-state index contributed by atoms with van der Waals surface area (Å²) in [6.07, 6.45) is 0. The first kappa shape index (κ1) is 16.4. The molecule has 1 aliphatic heterocycles. The summed E-state index contributed by atoms with van der Waals surface area (Å²) in [5.41, 5.74) is 9.53. The summed E-state index contributed by atoms with van der Waals surface area (Å²) in [5.74, 6) is -0.453. The molecule has 0 amide bonds. The molecule has 5 nitrogen and oxygen atoms in total. The van der Waals surface area contributed by atoms with Crippen LogP contribution in [-0.4, -0.2) is 10.2 Å². The second-order valence-corrected chi connectivity index (χ2v) is 7.58. The highest BCUT2D eigenvalue weighted by molar-refractivity contribution is 7.12. The summed E-state index contributed by atoms with van der Waals surface area (Å²) >= 11 is 1.68. The summed E-state index contributed by atoms with van der Waals surface area (Å²) in [5, 5.41) is 16.9. The van der Waals surface area contributed by atoms with Crippen LogP contribution in [-0.2, 0) is 0 Å². The minimum atomic E-state index is -0.474. The summed E-state index contributed by atoms with van der Waals surface area (Å²) in [4.78, 5) is 2.30. The second kappa shape index (κ2) is 6.00. The number of nitrogens with zero attached hydrogens (tertiary/aromatic N) is 2. The molecule has 130 valence electrons. The number of aromatic amines is 1. The van der Waals surface area contributed by atoms with E-state index in [9.17, 15) is 9.65 Å². The van der Waals surface area contributed by atoms with Crippen LogP contribution in [0.5, 0.6) is 5.88 Å². The molecule has 0 saturated carbocycles. The number of H-pyrrole nitrogens is 1. The Hall–Kier alpha value is -3.11. The number of nitrogens with two attached hydrogens (primary N) is 1. The van der Waals surface area contributed by atoms with Gasteiger partial charge in [0.2, 0.25) is 11.8 Å². The van der Waals surface area contributed by atoms with E-state index in [1.807, 2.05) is 13.8 Å². The molecule has 1 aliphatic rings. The highest BCUT2D eigenvalue weighted by Crippen LogP contribution is 2.46. The van der Waals surface area contributed by atoms with Crippen molar-refractivity contribution in [3.8, 4) is 23.2 Å². The largest absolute Gasteiger partial charge is 0.420 e. The van der Waals surface area contributed by atoms with Gasteiger partial charge in [-0.05, 0) is 37.6 Å². The summed E-state index contributed by atoms with van der Waals surface area (Å²) in [6, 6.07) is 10.3. The van der Waals surface area contributed by atoms with Gasteiger partial charge in [0, 0.05) is 15.3 Å². The van der Waals surface area contributed by atoms with E-state index in [2.05, 4.69) is 22.3 Å². The fourth-order valence-corrected chi connectivity index (χ4v) is 4.25. The molecule has 1 unspecified atom stereocenters. The van der Waals surface area contributed by atoms with Gasteiger partial charge in [0.05, 0.1) is 17.2 Å². The molecule has 4 rings (SSSR count). The van der Waals surface area contributed by atoms with Gasteiger partial charge in [-0.25, -0.2) is 4.39 Å². The van der Waals surface area contributed by atoms with Gasteiger partial charge in [-0.1, -0.05) is 12.1 Å². The normalized spacial score (nSPS) is 16.2. The number of hydrogen-bond acceptors (Lipinski definition) is 5. The average molecular weight is 366 g/mol. The zero-order valence-electron chi connectivity index (χ0n) is 14.1. The summed E-state index contributed by atoms with van der Waals surface area (Å²) in [7, 11) is 0. The van der Waals surface area contributed by atoms with Gasteiger partial charge in [0.25, 0.3) is 0 Å². The molecule has 3 N–H and O–H groups in total. The molecule has 0 spiro atoms. The van der Waals surface area contributed by atoms with Crippen molar-refractivity contribution in [2.45, 2.75) is 19.8 Å². The zero-order valence-corrected chi connectivity index (χ0v) is 14.9. The Bertz CT molecular complexity index is 1070. The molecule has 26 heavy (non-hydrogen) atoms. The quantitative estimate of drug-likeness (QED) is 0.714. The second-order valence-electron chi connectivity index (χ2n) is 6.12. The third-order valence-electron chi connectivity index (χ3n) is 4.45. The van der Waals surface area contributed by atoms with E-state index in [0.717, 1.165) is 27.3 Å². The Morgan fingerprint density at radius 2 is 2.04 bits per heavy atom. The lowest BCUT2D eigenvalue weighted by Crippen LogP contribution is -2.21. The predicted octanol–water partition coefficient (Wildman–Crippen LogP) is 4.11. The molecule has 1 aromatic carbocycles. The number of nitrogens with one attached hydrogen (secondary N) is 1. The van der Waals surface area contributed by atoms with Crippen LogP contribution < -0.4 is 10.5 Å². The van der Waals surface area contributed by atoms with Gasteiger partial charge in [0.1, 0.15) is 17.5 Å². The van der Waals surface area contributed by atoms with Gasteiger partial charge in [-0.3, -0.25) is 5.10 Å². The summed E-state index contributed by atoms with van der Waals surface area (Å²) < 4.78 is 19.0. The molecule has 0 bridgehead atoms. The number of aromatic nitrogens is 2. The van der Waals surface area contributed by atoms with Crippen molar-refractivity contribution in [2.24, 2.45) is 5.73 Å². The lowest BCUT2D eigenvalue weighted by atomic mass is 9.83. The van der Waals surface area contributed by atoms with Crippen molar-refractivity contribution in [2.75, 3.05) is 0 Å². The number of ether oxygens (including phenoxy) is 1. The topological polar surface area (TPSA) is 87.7 Å². The van der Waals surface area contributed by atoms with E-state index in [1.165, 1.54) is 17.0 Å². The zero-order chi connectivity index (χ0) is 18.4. The maximum Gasteiger partial charge on any atom is 0.244 e. The first-order chi connectivity index (χ1) is 12.5. The maximum absolute atomic E-state index is 13.4. The third-order valence-corrected chi connectivity index (χ3v) is 5.42. The van der Waals surface area contributed by atoms with Crippen molar-refractivity contribution in [1.82, 2.24) is 10.2 Å². The van der Waals surface area contributed by atoms with Crippen LogP contribution in [0.2, 0.25) is 0 Å². The number of nitriles is 1. The number of aryl methyl sites for hydroxylation is 2. The minimum Gasteiger partial charge on any atom is -0.420 e. The van der Waals surface area contributed by atoms with Crippen LogP contribution >= 0.6 is 11.3 Å². The van der Waals surface area contributed by atoms with E-state index in [0.29, 0.717) is 5.88 Å². The number of fused-ring (bicyclic) bond motifs is 1. The van der Waals surface area contributed by atoms with E-state index in [1.54, 1.807) is 23.5 Å². The molecule has 3 heterocycles. The van der Waals surface area contributed by atoms with Crippen molar-refractivity contribution < 1.29 is 9.13 Å². The SMILES string of the molecule is Cc1cc(-c2[nH]nc3c2C(c2ccc(F)cc2)C(C#N)=C(N)O3)c(C)s1. The molecule has 0 radical (unpaired) electrons. The molecule has 0 fully saturated rings. The lowest BCUT2D eigenvalue weighted by molar-refractivity contribution is 0.379. The van der Waals surface area contributed by atoms with Gasteiger partial charge in [-0.15, -0.1) is 16.4 Å². The van der Waals surface area contributed by atoms with Gasteiger partial charge in [0.15, 0.2) is 0 Å². The standard InChI is InChI=1S/C19H15FN4OS/c1-9-7-13(10(2)26-9)17-16-15(11-3-5-12(20)6-4-11)14(8-21)18(22)25-19(16)24-23-17/h3-7,15H,22H2,1-2H3,(H,23,24). The molecule has 2 aromatic heterocycles. The fourth-order valence-electron chi connectivity index (χ4n) is 3.32. The molecular formula is C19H15FN4OS. The molecule has 0 saturated heterocycles. The number of thiophene rings is 1. The predicted molar refractivity (Wildman–Crippen MR) is 97.1 cm³/mol. The highest BCUT2D eigenvalue weighted by Gasteiger charge is 2.36. The Labute approximate surface area is 153 Å². The highest BCUT2D eigenvalue weighted by atomic mass is 32.1. The molecule has 3 aromatic rings. The van der Waals surface area contributed by atoms with Crippen LogP contribution in [0.15, 0.2) is 41.8 Å². The molecule has 1 atom stereocenters. The first-order valence-corrected chi connectivity index (χ1v) is 8.80. The van der Waals surface area contributed by atoms with Gasteiger partial charge >= 0.3 is 0 Å². The van der Waals surface area contributed by atoms with E-state index in [-0.39, 0.29) is 17.3 Å². The van der Waals surface area contributed by atoms with Crippen molar-refractivity contribution >= 4 is 11.3 Å². The maximum atomic E-state index is 13.4. The fraction of sp³-hybridized carbons (Fsp3) is 0.158. The third kappa shape index (κ3) is 2.47. The smallest absolute Gasteiger partial charge is 0.244 e. The lowest BCUT2D eigenvalue weighted by Gasteiger charge is -2.24. The van der Waals surface area contributed by atoms with Crippen LogP contribution in [0.4, 0.5) is 4.39 Å². The van der Waals surface area contributed by atoms with Crippen LogP contribution in [0, 0.1) is 31.0 Å². The van der Waals surface area contributed by atoms with Crippen molar-refractivity contribution in [1.29, 1.82) is 5.26 Å². The van der Waals surface area contributed by atoms with Crippen LogP contribution in [0.25, 0.3) is 11.3 Å². The van der Waals surface area contributed by atoms with Gasteiger partial charge < -0.3 is 10.5 Å². The molecule has 0 aliphatic carbocycles. The molecular weight excluding hydrogens is 351 g/mol. The number of rotatable bonds is 2. The Morgan fingerprint density at radius 3 is 2.65 bits per heavy atom. The number of halogens is 1. The number of benzene rings is 1. The van der Waals surface area contributed by atoms with Crippen LogP contribution in [0.3, 0.4) is 0 Å². The monoisotopic (exact) mass is 366 g/mol. The Kier molecular flexibility index (Phi) is 3.78. The van der Waals surface area contributed by atoms with E-state index < -0.39 is 5.92 Å². The summed E-state index contributed by atoms with van der Waals surface area (Å²) in [6.45, 7) is 4.07. The average Bonchev–Trinajstić information content (AvgIpc) is 3.16. The molecule has 7 heteroatoms. The van der Waals surface area contributed by atoms with Gasteiger partial charge in [-0.2, -0.15) is 5.26 Å². The number of hydrogen-bond donors (Lipinski definition) is 2. The Morgan fingerprint density at radius 1 is 1.31 bits per heavy atom. The Balaban J connectivity index is 1.97. The van der Waals surface area contributed by atoms with Crippen molar-refractivity contribution in [3.05, 3.63) is 68.5 Å². The van der Waals surface area contributed by atoms with E-state index in [4.69, 9.17) is 10.5 Å². The van der Waals surface area contributed by atoms with Crippen molar-refractivity contribution in [3.63, 3.8) is 0 Å².